The molecule has 0 saturated heterocycles. The molecule has 0 saturated carbocycles. The van der Waals surface area contributed by atoms with Crippen molar-refractivity contribution in [3.05, 3.63) is 59.4 Å². The quantitative estimate of drug-likeness (QED) is 0.832. The lowest BCUT2D eigenvalue weighted by molar-refractivity contribution is -0.114. The van der Waals surface area contributed by atoms with Crippen molar-refractivity contribution in [2.45, 2.75) is 6.92 Å². The molecule has 1 amide bonds. The van der Waals surface area contributed by atoms with Gasteiger partial charge in [-0.1, -0.05) is 6.07 Å². The Bertz CT molecular complexity index is 732. The van der Waals surface area contributed by atoms with Crippen molar-refractivity contribution in [1.82, 2.24) is 0 Å². The number of rotatable bonds is 5. The van der Waals surface area contributed by atoms with E-state index >= 15 is 0 Å². The molecule has 0 heterocycles. The van der Waals surface area contributed by atoms with Crippen LogP contribution in [-0.4, -0.2) is 25.5 Å². The summed E-state index contributed by atoms with van der Waals surface area (Å²) in [6.45, 7) is 1.84. The highest BCUT2D eigenvalue weighted by molar-refractivity contribution is 5.94. The van der Waals surface area contributed by atoms with Gasteiger partial charge in [0.15, 0.2) is 0 Å². The fourth-order valence-electron chi connectivity index (χ4n) is 2.05. The van der Waals surface area contributed by atoms with E-state index in [1.807, 2.05) is 6.92 Å². The van der Waals surface area contributed by atoms with Crippen molar-refractivity contribution in [1.29, 1.82) is 0 Å². The highest BCUT2D eigenvalue weighted by Crippen LogP contribution is 2.17. The second-order valence-corrected chi connectivity index (χ2v) is 4.93. The molecule has 0 bridgehead atoms. The summed E-state index contributed by atoms with van der Waals surface area (Å²) in [5.41, 5.74) is 2.38. The average molecular weight is 316 g/mol. The molecule has 2 aromatic carbocycles. The van der Waals surface area contributed by atoms with E-state index in [0.29, 0.717) is 11.3 Å². The van der Waals surface area contributed by atoms with Crippen LogP contribution in [0.5, 0.6) is 0 Å². The van der Waals surface area contributed by atoms with Crippen LogP contribution in [0.4, 0.5) is 15.8 Å². The van der Waals surface area contributed by atoms with Crippen LogP contribution in [-0.2, 0) is 9.53 Å². The van der Waals surface area contributed by atoms with Crippen molar-refractivity contribution >= 4 is 23.3 Å². The molecular weight excluding hydrogens is 299 g/mol. The molecule has 2 N–H and O–H groups in total. The van der Waals surface area contributed by atoms with Gasteiger partial charge in [0, 0.05) is 11.4 Å². The maximum atomic E-state index is 13.0. The summed E-state index contributed by atoms with van der Waals surface area (Å²) < 4.78 is 17.7. The van der Waals surface area contributed by atoms with E-state index in [-0.39, 0.29) is 12.5 Å². The van der Waals surface area contributed by atoms with Crippen molar-refractivity contribution < 1.29 is 18.7 Å². The normalized spacial score (nSPS) is 10.0. The Morgan fingerprint density at radius 1 is 1.17 bits per heavy atom. The predicted molar refractivity (Wildman–Crippen MR) is 86.0 cm³/mol. The van der Waals surface area contributed by atoms with E-state index in [4.69, 9.17) is 0 Å². The number of nitrogens with one attached hydrogen (secondary N) is 2. The minimum atomic E-state index is -0.413. The maximum absolute atomic E-state index is 13.0. The van der Waals surface area contributed by atoms with Crippen LogP contribution in [0, 0.1) is 12.7 Å². The largest absolute Gasteiger partial charge is 0.465 e. The topological polar surface area (TPSA) is 67.4 Å². The van der Waals surface area contributed by atoms with Gasteiger partial charge in [-0.25, -0.2) is 9.18 Å². The second kappa shape index (κ2) is 7.40. The first-order valence-electron chi connectivity index (χ1n) is 6.98. The number of carbonyl (C=O) groups is 2. The van der Waals surface area contributed by atoms with Gasteiger partial charge in [0.1, 0.15) is 5.82 Å². The molecule has 0 aliphatic heterocycles. The summed E-state index contributed by atoms with van der Waals surface area (Å²) in [5, 5.41) is 5.57. The van der Waals surface area contributed by atoms with Gasteiger partial charge in [-0.15, -0.1) is 0 Å². The van der Waals surface area contributed by atoms with E-state index in [0.717, 1.165) is 11.3 Å². The summed E-state index contributed by atoms with van der Waals surface area (Å²) in [6.07, 6.45) is 0. The number of carbonyl (C=O) groups excluding carboxylic acids is 2. The summed E-state index contributed by atoms with van der Waals surface area (Å²) in [4.78, 5) is 23.3. The Morgan fingerprint density at radius 3 is 2.61 bits per heavy atom. The molecule has 0 spiro atoms. The van der Waals surface area contributed by atoms with Crippen molar-refractivity contribution in [2.75, 3.05) is 24.3 Å². The Hall–Kier alpha value is -2.89. The zero-order chi connectivity index (χ0) is 16.8. The van der Waals surface area contributed by atoms with Crippen molar-refractivity contribution in [3.8, 4) is 0 Å². The molecular formula is C17H17FN2O3. The minimum Gasteiger partial charge on any atom is -0.465 e. The van der Waals surface area contributed by atoms with E-state index < -0.39 is 11.8 Å². The molecule has 0 aromatic heterocycles. The van der Waals surface area contributed by atoms with Crippen molar-refractivity contribution in [2.24, 2.45) is 0 Å². The van der Waals surface area contributed by atoms with E-state index in [1.165, 1.54) is 25.3 Å². The van der Waals surface area contributed by atoms with Crippen LogP contribution in [0.25, 0.3) is 0 Å². The number of ether oxygens (including phenoxy) is 1. The van der Waals surface area contributed by atoms with Gasteiger partial charge in [0.2, 0.25) is 5.91 Å². The van der Waals surface area contributed by atoms with Gasteiger partial charge in [-0.2, -0.15) is 0 Å². The SMILES string of the molecule is COC(=O)c1ccc(NCC(=O)Nc2cccc(F)c2)c(C)c1. The molecule has 2 rings (SSSR count). The monoisotopic (exact) mass is 316 g/mol. The first-order valence-corrected chi connectivity index (χ1v) is 6.98. The standard InChI is InChI=1S/C17H17FN2O3/c1-11-8-12(17(22)23-2)6-7-15(11)19-10-16(21)20-14-5-3-4-13(18)9-14/h3-9,19H,10H2,1-2H3,(H,20,21). The predicted octanol–water partition coefficient (Wildman–Crippen LogP) is 2.97. The van der Waals surface area contributed by atoms with E-state index in [9.17, 15) is 14.0 Å². The number of aryl methyl sites for hydroxylation is 1. The van der Waals surface area contributed by atoms with Crippen LogP contribution in [0.3, 0.4) is 0 Å². The molecule has 120 valence electrons. The molecule has 0 unspecified atom stereocenters. The highest BCUT2D eigenvalue weighted by Gasteiger charge is 2.09. The van der Waals surface area contributed by atoms with Crippen LogP contribution in [0.15, 0.2) is 42.5 Å². The average Bonchev–Trinajstić information content (AvgIpc) is 2.53. The Labute approximate surface area is 133 Å². The first-order chi connectivity index (χ1) is 11.0. The maximum Gasteiger partial charge on any atom is 0.337 e. The van der Waals surface area contributed by atoms with Crippen molar-refractivity contribution in [3.63, 3.8) is 0 Å². The molecule has 5 nitrogen and oxygen atoms in total. The Morgan fingerprint density at radius 2 is 1.96 bits per heavy atom. The Kier molecular flexibility index (Phi) is 5.30. The fraction of sp³-hybridized carbons (Fsp3) is 0.176. The number of halogens is 1. The second-order valence-electron chi connectivity index (χ2n) is 4.93. The number of amides is 1. The number of hydrogen-bond acceptors (Lipinski definition) is 4. The number of anilines is 2. The van der Waals surface area contributed by atoms with Gasteiger partial charge < -0.3 is 15.4 Å². The third kappa shape index (κ3) is 4.54. The zero-order valence-electron chi connectivity index (χ0n) is 12.9. The van der Waals surface area contributed by atoms with Crippen LogP contribution < -0.4 is 10.6 Å². The number of esters is 1. The Balaban J connectivity index is 1.95. The molecule has 0 aliphatic carbocycles. The smallest absolute Gasteiger partial charge is 0.337 e. The lowest BCUT2D eigenvalue weighted by Gasteiger charge is -2.11. The van der Waals surface area contributed by atoms with Gasteiger partial charge in [0.25, 0.3) is 0 Å². The van der Waals surface area contributed by atoms with Gasteiger partial charge in [-0.05, 0) is 48.9 Å². The van der Waals surface area contributed by atoms with Crippen LogP contribution >= 0.6 is 0 Å². The highest BCUT2D eigenvalue weighted by atomic mass is 19.1. The van der Waals surface area contributed by atoms with E-state index in [1.54, 1.807) is 24.3 Å². The van der Waals surface area contributed by atoms with Gasteiger partial charge in [0.05, 0.1) is 19.2 Å². The summed E-state index contributed by atoms with van der Waals surface area (Å²) >= 11 is 0. The summed E-state index contributed by atoms with van der Waals surface area (Å²) in [5.74, 6) is -1.12. The minimum absolute atomic E-state index is 0.0227. The molecule has 0 fully saturated rings. The van der Waals surface area contributed by atoms with Crippen LogP contribution in [0.2, 0.25) is 0 Å². The molecule has 0 aliphatic rings. The third-order valence-corrected chi connectivity index (χ3v) is 3.20. The first kappa shape index (κ1) is 16.5. The number of hydrogen-bond donors (Lipinski definition) is 2. The number of methoxy groups -OCH3 is 1. The summed E-state index contributed by atoms with van der Waals surface area (Å²) in [7, 11) is 1.32. The number of benzene rings is 2. The molecule has 0 radical (unpaired) electrons. The molecule has 23 heavy (non-hydrogen) atoms. The summed E-state index contributed by atoms with van der Waals surface area (Å²) in [6, 6.07) is 10.7. The fourth-order valence-corrected chi connectivity index (χ4v) is 2.05. The lowest BCUT2D eigenvalue weighted by Crippen LogP contribution is -2.22. The molecule has 2 aromatic rings. The van der Waals surface area contributed by atoms with Crippen LogP contribution in [0.1, 0.15) is 15.9 Å². The van der Waals surface area contributed by atoms with E-state index in [2.05, 4.69) is 15.4 Å². The molecule has 0 atom stereocenters. The van der Waals surface area contributed by atoms with Gasteiger partial charge in [-0.3, -0.25) is 4.79 Å². The van der Waals surface area contributed by atoms with Gasteiger partial charge >= 0.3 is 5.97 Å². The lowest BCUT2D eigenvalue weighted by atomic mass is 10.1. The third-order valence-electron chi connectivity index (χ3n) is 3.20. The molecule has 6 heteroatoms. The zero-order valence-corrected chi connectivity index (χ0v) is 12.9.